The molecule has 2 nitrogen and oxygen atoms in total. The number of ether oxygens (including phenoxy) is 1. The van der Waals surface area contributed by atoms with Crippen LogP contribution in [-0.2, 0) is 10.2 Å². The number of para-hydroxylation sites is 1. The molecule has 1 atom stereocenters. The van der Waals surface area contributed by atoms with Gasteiger partial charge in [0.05, 0.1) is 12.2 Å². The fraction of sp³-hybridized carbons (Fsp3) is 0.571. The summed E-state index contributed by atoms with van der Waals surface area (Å²) in [7, 11) is 0. The lowest BCUT2D eigenvalue weighted by Crippen LogP contribution is -2.45. The maximum atomic E-state index is 6.02. The van der Waals surface area contributed by atoms with Crippen molar-refractivity contribution in [1.82, 2.24) is 0 Å². The van der Waals surface area contributed by atoms with Crippen LogP contribution in [0, 0.1) is 0 Å². The van der Waals surface area contributed by atoms with Crippen LogP contribution in [0.1, 0.15) is 32.3 Å². The zero-order chi connectivity index (χ0) is 11.2. The normalized spacial score (nSPS) is 31.1. The fourth-order valence-electron chi connectivity index (χ4n) is 2.83. The first-order valence-corrected chi connectivity index (χ1v) is 6.09. The molecular formula is C14H19NO. The van der Waals surface area contributed by atoms with E-state index >= 15 is 0 Å². The number of benzene rings is 1. The van der Waals surface area contributed by atoms with Crippen molar-refractivity contribution in [3.8, 4) is 0 Å². The third kappa shape index (κ3) is 1.44. The molecule has 0 aromatic heterocycles. The number of nitrogens with one attached hydrogen (secondary N) is 1. The van der Waals surface area contributed by atoms with E-state index in [0.29, 0.717) is 0 Å². The monoisotopic (exact) mass is 217 g/mol. The molecule has 2 heteroatoms. The summed E-state index contributed by atoms with van der Waals surface area (Å²) in [6, 6.07) is 8.65. The molecule has 16 heavy (non-hydrogen) atoms. The molecule has 2 aliphatic rings. The van der Waals surface area contributed by atoms with Crippen molar-refractivity contribution < 1.29 is 4.74 Å². The van der Waals surface area contributed by atoms with Crippen LogP contribution in [0.25, 0.3) is 0 Å². The summed E-state index contributed by atoms with van der Waals surface area (Å²) in [5.74, 6) is 0. The maximum absolute atomic E-state index is 6.02. The molecule has 0 bridgehead atoms. The lowest BCUT2D eigenvalue weighted by molar-refractivity contribution is -0.0837. The van der Waals surface area contributed by atoms with Crippen LogP contribution in [0.2, 0.25) is 0 Å². The Labute approximate surface area is 97.0 Å². The van der Waals surface area contributed by atoms with Crippen LogP contribution in [-0.4, -0.2) is 18.8 Å². The minimum atomic E-state index is 0.0583. The highest BCUT2D eigenvalue weighted by Crippen LogP contribution is 2.45. The minimum absolute atomic E-state index is 0.0583. The average molecular weight is 217 g/mol. The molecule has 2 heterocycles. The van der Waals surface area contributed by atoms with Crippen molar-refractivity contribution in [2.75, 3.05) is 18.5 Å². The largest absolute Gasteiger partial charge is 0.384 e. The summed E-state index contributed by atoms with van der Waals surface area (Å²) in [5, 5.41) is 3.51. The second kappa shape index (κ2) is 3.24. The van der Waals surface area contributed by atoms with Crippen molar-refractivity contribution in [2.24, 2.45) is 0 Å². The molecule has 0 saturated carbocycles. The van der Waals surface area contributed by atoms with E-state index in [9.17, 15) is 0 Å². The fourth-order valence-corrected chi connectivity index (χ4v) is 2.83. The van der Waals surface area contributed by atoms with Crippen molar-refractivity contribution in [3.63, 3.8) is 0 Å². The molecule has 1 unspecified atom stereocenters. The third-order valence-corrected chi connectivity index (χ3v) is 4.06. The van der Waals surface area contributed by atoms with Gasteiger partial charge >= 0.3 is 0 Å². The predicted molar refractivity (Wildman–Crippen MR) is 65.9 cm³/mol. The van der Waals surface area contributed by atoms with E-state index in [-0.39, 0.29) is 11.0 Å². The topological polar surface area (TPSA) is 21.3 Å². The Balaban J connectivity index is 1.92. The zero-order valence-corrected chi connectivity index (χ0v) is 10.0. The van der Waals surface area contributed by atoms with Gasteiger partial charge in [-0.25, -0.2) is 0 Å². The lowest BCUT2D eigenvalue weighted by atomic mass is 9.75. The quantitative estimate of drug-likeness (QED) is 0.721. The van der Waals surface area contributed by atoms with E-state index in [1.165, 1.54) is 17.7 Å². The summed E-state index contributed by atoms with van der Waals surface area (Å²) >= 11 is 0. The van der Waals surface area contributed by atoms with Gasteiger partial charge in [-0.3, -0.25) is 0 Å². The highest BCUT2D eigenvalue weighted by molar-refractivity contribution is 5.60. The maximum Gasteiger partial charge on any atom is 0.0627 e. The second-order valence-electron chi connectivity index (χ2n) is 5.73. The van der Waals surface area contributed by atoms with Gasteiger partial charge < -0.3 is 10.1 Å². The summed E-state index contributed by atoms with van der Waals surface area (Å²) in [5.41, 5.74) is 3.03. The van der Waals surface area contributed by atoms with Gasteiger partial charge in [-0.2, -0.15) is 0 Å². The van der Waals surface area contributed by atoms with Gasteiger partial charge in [-0.15, -0.1) is 0 Å². The molecule has 0 amide bonds. The van der Waals surface area contributed by atoms with Crippen LogP contribution in [0.15, 0.2) is 24.3 Å². The van der Waals surface area contributed by atoms with E-state index in [4.69, 9.17) is 4.74 Å². The third-order valence-electron chi connectivity index (χ3n) is 4.06. The molecule has 2 aliphatic heterocycles. The Morgan fingerprint density at radius 2 is 2.00 bits per heavy atom. The summed E-state index contributed by atoms with van der Waals surface area (Å²) < 4.78 is 6.02. The van der Waals surface area contributed by atoms with Crippen molar-refractivity contribution in [2.45, 2.75) is 37.7 Å². The molecule has 1 fully saturated rings. The van der Waals surface area contributed by atoms with Gasteiger partial charge in [0.15, 0.2) is 0 Å². The highest BCUT2D eigenvalue weighted by atomic mass is 16.5. The first-order valence-electron chi connectivity index (χ1n) is 6.09. The summed E-state index contributed by atoms with van der Waals surface area (Å²) in [6.45, 7) is 6.26. The average Bonchev–Trinajstić information content (AvgIpc) is 2.64. The number of hydrogen-bond donors (Lipinski definition) is 1. The number of hydrogen-bond acceptors (Lipinski definition) is 2. The van der Waals surface area contributed by atoms with Crippen LogP contribution in [0.3, 0.4) is 0 Å². The molecule has 1 N–H and O–H groups in total. The Kier molecular flexibility index (Phi) is 2.05. The first-order chi connectivity index (χ1) is 7.61. The van der Waals surface area contributed by atoms with Crippen molar-refractivity contribution in [3.05, 3.63) is 29.8 Å². The van der Waals surface area contributed by atoms with Gasteiger partial charge in [0.25, 0.3) is 0 Å². The Morgan fingerprint density at radius 1 is 1.19 bits per heavy atom. The molecule has 86 valence electrons. The molecule has 1 aromatic rings. The summed E-state index contributed by atoms with van der Waals surface area (Å²) in [6.07, 6.45) is 2.37. The van der Waals surface area contributed by atoms with E-state index in [0.717, 1.165) is 19.6 Å². The Morgan fingerprint density at radius 3 is 2.75 bits per heavy atom. The van der Waals surface area contributed by atoms with Crippen LogP contribution in [0.4, 0.5) is 5.69 Å². The molecule has 1 aromatic carbocycles. The smallest absolute Gasteiger partial charge is 0.0627 e. The number of anilines is 1. The van der Waals surface area contributed by atoms with Gasteiger partial charge in [0.2, 0.25) is 0 Å². The molecule has 3 rings (SSSR count). The first kappa shape index (κ1) is 10.2. The van der Waals surface area contributed by atoms with Gasteiger partial charge in [-0.05, 0) is 38.3 Å². The van der Waals surface area contributed by atoms with Crippen LogP contribution < -0.4 is 5.32 Å². The summed E-state index contributed by atoms with van der Waals surface area (Å²) in [4.78, 5) is 0. The standard InChI is InChI=1S/C14H19NO/c1-13(2)7-8-14(10-16-13)9-15-12-6-4-3-5-11(12)14/h3-6,15H,7-10H2,1-2H3. The predicted octanol–water partition coefficient (Wildman–Crippen LogP) is 2.94. The Hall–Kier alpha value is -1.02. The van der Waals surface area contributed by atoms with E-state index in [1.807, 2.05) is 0 Å². The Bertz CT molecular complexity index is 401. The molecule has 0 aliphatic carbocycles. The van der Waals surface area contributed by atoms with Gasteiger partial charge in [0, 0.05) is 17.6 Å². The zero-order valence-electron chi connectivity index (χ0n) is 10.0. The molecule has 1 spiro atoms. The molecule has 1 saturated heterocycles. The number of fused-ring (bicyclic) bond motifs is 2. The van der Waals surface area contributed by atoms with E-state index < -0.39 is 0 Å². The highest BCUT2D eigenvalue weighted by Gasteiger charge is 2.44. The minimum Gasteiger partial charge on any atom is -0.384 e. The van der Waals surface area contributed by atoms with Crippen LogP contribution >= 0.6 is 0 Å². The number of rotatable bonds is 0. The molecular weight excluding hydrogens is 198 g/mol. The van der Waals surface area contributed by atoms with Crippen molar-refractivity contribution >= 4 is 5.69 Å². The SMILES string of the molecule is CC1(C)CCC2(CNc3ccccc32)CO1. The van der Waals surface area contributed by atoms with Crippen LogP contribution in [0.5, 0.6) is 0 Å². The second-order valence-corrected chi connectivity index (χ2v) is 5.73. The van der Waals surface area contributed by atoms with E-state index in [1.54, 1.807) is 0 Å². The van der Waals surface area contributed by atoms with Gasteiger partial charge in [-0.1, -0.05) is 18.2 Å². The lowest BCUT2D eigenvalue weighted by Gasteiger charge is -2.41. The van der Waals surface area contributed by atoms with Crippen molar-refractivity contribution in [1.29, 1.82) is 0 Å². The molecule has 0 radical (unpaired) electrons. The van der Waals surface area contributed by atoms with Gasteiger partial charge in [0.1, 0.15) is 0 Å². The van der Waals surface area contributed by atoms with E-state index in [2.05, 4.69) is 43.4 Å².